The second-order valence-electron chi connectivity index (χ2n) is 7.74. The lowest BCUT2D eigenvalue weighted by atomic mass is 10.2. The van der Waals surface area contributed by atoms with Crippen molar-refractivity contribution in [1.29, 1.82) is 5.41 Å². The Labute approximate surface area is 193 Å². The summed E-state index contributed by atoms with van der Waals surface area (Å²) in [5.74, 6) is 1.13. The molecule has 0 aromatic carbocycles. The Bertz CT molecular complexity index is 1430. The van der Waals surface area contributed by atoms with Gasteiger partial charge in [-0.2, -0.15) is 10.1 Å². The number of halogens is 1. The highest BCUT2D eigenvalue weighted by molar-refractivity contribution is 6.36. The largest absolute Gasteiger partial charge is 0.450 e. The van der Waals surface area contributed by atoms with E-state index in [1.54, 1.807) is 28.4 Å². The molecule has 0 bridgehead atoms. The van der Waals surface area contributed by atoms with Crippen LogP contribution in [-0.4, -0.2) is 42.8 Å². The van der Waals surface area contributed by atoms with Crippen LogP contribution in [0.5, 0.6) is 11.5 Å². The minimum Gasteiger partial charge on any atom is -0.450 e. The molecule has 1 saturated carbocycles. The SMILES string of the molecule is CNC(=O)/C(=C\C(=N)C1CC1)Nc1nc2ncc(Oc3cnn4ccccc34)c(Cl)c2n1C. The molecule has 5 rings (SSSR count). The van der Waals surface area contributed by atoms with Crippen molar-refractivity contribution in [3.63, 3.8) is 0 Å². The van der Waals surface area contributed by atoms with Gasteiger partial charge in [0.1, 0.15) is 21.8 Å². The molecule has 4 heterocycles. The highest BCUT2D eigenvalue weighted by Crippen LogP contribution is 2.36. The van der Waals surface area contributed by atoms with E-state index in [9.17, 15) is 4.79 Å². The molecule has 168 valence electrons. The Hall–Kier alpha value is -3.92. The zero-order valence-corrected chi connectivity index (χ0v) is 18.7. The Morgan fingerprint density at radius 3 is 2.88 bits per heavy atom. The van der Waals surface area contributed by atoms with Gasteiger partial charge in [0.25, 0.3) is 5.91 Å². The molecule has 0 spiro atoms. The number of rotatable bonds is 7. The number of amides is 1. The third-order valence-corrected chi connectivity index (χ3v) is 5.82. The lowest BCUT2D eigenvalue weighted by molar-refractivity contribution is -0.116. The van der Waals surface area contributed by atoms with Gasteiger partial charge in [0.15, 0.2) is 17.1 Å². The number of hydrogen-bond acceptors (Lipinski definition) is 7. The highest BCUT2D eigenvalue weighted by Gasteiger charge is 2.26. The molecule has 1 amide bonds. The van der Waals surface area contributed by atoms with Crippen molar-refractivity contribution in [3.05, 3.63) is 53.6 Å². The van der Waals surface area contributed by atoms with E-state index < -0.39 is 0 Å². The molecule has 3 N–H and O–H groups in total. The molecule has 0 aliphatic heterocycles. The number of nitrogens with zero attached hydrogens (tertiary/aromatic N) is 5. The summed E-state index contributed by atoms with van der Waals surface area (Å²) >= 11 is 6.68. The van der Waals surface area contributed by atoms with Gasteiger partial charge in [0, 0.05) is 31.9 Å². The molecule has 0 atom stereocenters. The van der Waals surface area contributed by atoms with Crippen molar-refractivity contribution < 1.29 is 9.53 Å². The average molecular weight is 465 g/mol. The van der Waals surface area contributed by atoms with Gasteiger partial charge in [0.2, 0.25) is 5.95 Å². The van der Waals surface area contributed by atoms with Crippen LogP contribution < -0.4 is 15.4 Å². The topological polar surface area (TPSA) is 122 Å². The molecular formula is C22H21ClN8O2. The minimum atomic E-state index is -0.344. The summed E-state index contributed by atoms with van der Waals surface area (Å²) in [6.07, 6.45) is 8.43. The maximum atomic E-state index is 12.4. The number of allylic oxidation sites excluding steroid dienone is 1. The standard InChI is InChI=1S/C22H21ClN8O2/c1-25-21(32)14(9-13(24)12-6-7-12)28-22-29-20-19(30(22)2)18(23)17(10-26-20)33-16-11-27-31-8-4-3-5-15(16)31/h3-5,8-12,24H,6-7H2,1-2H3,(H,25,32)(H,26,28,29)/b14-9+,24-13?. The van der Waals surface area contributed by atoms with Crippen molar-refractivity contribution in [1.82, 2.24) is 29.5 Å². The summed E-state index contributed by atoms with van der Waals surface area (Å²) in [6.45, 7) is 0. The van der Waals surface area contributed by atoms with Gasteiger partial charge in [-0.1, -0.05) is 17.7 Å². The Balaban J connectivity index is 1.49. The van der Waals surface area contributed by atoms with Crippen LogP contribution in [0, 0.1) is 11.3 Å². The van der Waals surface area contributed by atoms with Crippen LogP contribution in [0.2, 0.25) is 5.02 Å². The number of carbonyl (C=O) groups is 1. The Morgan fingerprint density at radius 2 is 2.12 bits per heavy atom. The van der Waals surface area contributed by atoms with Crippen LogP contribution in [0.4, 0.5) is 5.95 Å². The molecule has 1 aliphatic rings. The third-order valence-electron chi connectivity index (χ3n) is 5.45. The number of anilines is 1. The number of ether oxygens (including phenoxy) is 1. The van der Waals surface area contributed by atoms with Crippen molar-refractivity contribution in [2.75, 3.05) is 12.4 Å². The maximum absolute atomic E-state index is 12.4. The highest BCUT2D eigenvalue weighted by atomic mass is 35.5. The minimum absolute atomic E-state index is 0.211. The summed E-state index contributed by atoms with van der Waals surface area (Å²) in [6, 6.07) is 5.66. The summed E-state index contributed by atoms with van der Waals surface area (Å²) in [7, 11) is 3.30. The van der Waals surface area contributed by atoms with Gasteiger partial charge in [-0.15, -0.1) is 0 Å². The van der Waals surface area contributed by atoms with Crippen LogP contribution in [0.1, 0.15) is 12.8 Å². The predicted octanol–water partition coefficient (Wildman–Crippen LogP) is 3.53. The molecule has 0 radical (unpaired) electrons. The second-order valence-corrected chi connectivity index (χ2v) is 8.11. The summed E-state index contributed by atoms with van der Waals surface area (Å²) in [4.78, 5) is 21.2. The quantitative estimate of drug-likeness (QED) is 0.284. The summed E-state index contributed by atoms with van der Waals surface area (Å²) in [5.41, 5.74) is 2.37. The van der Waals surface area contributed by atoms with E-state index in [2.05, 4.69) is 25.7 Å². The molecular weight excluding hydrogens is 444 g/mol. The van der Waals surface area contributed by atoms with E-state index >= 15 is 0 Å². The lowest BCUT2D eigenvalue weighted by Crippen LogP contribution is -2.26. The Kier molecular flexibility index (Phi) is 5.21. The fourth-order valence-electron chi connectivity index (χ4n) is 3.49. The first-order valence-electron chi connectivity index (χ1n) is 10.4. The first-order valence-corrected chi connectivity index (χ1v) is 10.7. The fourth-order valence-corrected chi connectivity index (χ4v) is 3.78. The van der Waals surface area contributed by atoms with Crippen LogP contribution >= 0.6 is 11.6 Å². The van der Waals surface area contributed by atoms with Crippen molar-refractivity contribution in [2.45, 2.75) is 12.8 Å². The molecule has 4 aromatic heterocycles. The van der Waals surface area contributed by atoms with Crippen molar-refractivity contribution >= 4 is 45.8 Å². The second kappa shape index (κ2) is 8.21. The fraction of sp³-hybridized carbons (Fsp3) is 0.227. The molecule has 0 saturated heterocycles. The summed E-state index contributed by atoms with van der Waals surface area (Å²) in [5, 5.41) is 18.4. The molecule has 1 aliphatic carbocycles. The zero-order valence-electron chi connectivity index (χ0n) is 18.0. The number of nitrogens with one attached hydrogen (secondary N) is 3. The lowest BCUT2D eigenvalue weighted by Gasteiger charge is -2.10. The summed E-state index contributed by atoms with van der Waals surface area (Å²) < 4.78 is 9.42. The van der Waals surface area contributed by atoms with Crippen LogP contribution in [0.3, 0.4) is 0 Å². The van der Waals surface area contributed by atoms with E-state index in [4.69, 9.17) is 21.7 Å². The van der Waals surface area contributed by atoms with Gasteiger partial charge in [-0.25, -0.2) is 9.50 Å². The Morgan fingerprint density at radius 1 is 1.30 bits per heavy atom. The van der Waals surface area contributed by atoms with Crippen LogP contribution in [0.15, 0.2) is 48.6 Å². The first kappa shape index (κ1) is 21.0. The zero-order chi connectivity index (χ0) is 23.1. The number of aryl methyl sites for hydroxylation is 1. The number of fused-ring (bicyclic) bond motifs is 2. The normalized spacial score (nSPS) is 14.0. The van der Waals surface area contributed by atoms with Gasteiger partial charge < -0.3 is 25.3 Å². The van der Waals surface area contributed by atoms with Gasteiger partial charge in [-0.3, -0.25) is 4.79 Å². The van der Waals surface area contributed by atoms with E-state index in [-0.39, 0.29) is 17.5 Å². The molecule has 33 heavy (non-hydrogen) atoms. The molecule has 4 aromatic rings. The number of pyridine rings is 2. The number of likely N-dealkylation sites (N-methyl/N-ethyl adjacent to an activating group) is 1. The van der Waals surface area contributed by atoms with Gasteiger partial charge in [-0.05, 0) is 31.1 Å². The van der Waals surface area contributed by atoms with E-state index in [0.717, 1.165) is 18.4 Å². The monoisotopic (exact) mass is 464 g/mol. The van der Waals surface area contributed by atoms with Crippen molar-refractivity contribution in [2.24, 2.45) is 13.0 Å². The molecule has 1 fully saturated rings. The molecule has 10 nitrogen and oxygen atoms in total. The predicted molar refractivity (Wildman–Crippen MR) is 125 cm³/mol. The first-order chi connectivity index (χ1) is 16.0. The van der Waals surface area contributed by atoms with E-state index in [1.807, 2.05) is 24.4 Å². The third kappa shape index (κ3) is 3.89. The molecule has 11 heteroatoms. The number of carbonyl (C=O) groups excluding carboxylic acids is 1. The van der Waals surface area contributed by atoms with Crippen LogP contribution in [-0.2, 0) is 11.8 Å². The van der Waals surface area contributed by atoms with Crippen LogP contribution in [0.25, 0.3) is 16.7 Å². The van der Waals surface area contributed by atoms with E-state index in [1.165, 1.54) is 13.2 Å². The number of hydrogen-bond donors (Lipinski definition) is 3. The number of aromatic nitrogens is 5. The molecule has 0 unspecified atom stereocenters. The smallest absolute Gasteiger partial charge is 0.267 e. The van der Waals surface area contributed by atoms with Gasteiger partial charge in [0.05, 0.1) is 12.4 Å². The maximum Gasteiger partial charge on any atom is 0.267 e. The van der Waals surface area contributed by atoms with Gasteiger partial charge >= 0.3 is 0 Å². The number of imidazole rings is 1. The van der Waals surface area contributed by atoms with Crippen molar-refractivity contribution in [3.8, 4) is 11.5 Å². The van der Waals surface area contributed by atoms with E-state index in [0.29, 0.717) is 39.3 Å². The average Bonchev–Trinajstić information content (AvgIpc) is 3.53.